The Hall–Kier alpha value is -0.610. The van der Waals surface area contributed by atoms with E-state index in [9.17, 15) is 4.79 Å². The Morgan fingerprint density at radius 1 is 1.43 bits per heavy atom. The summed E-state index contributed by atoms with van der Waals surface area (Å²) in [5.74, 6) is 0.299. The van der Waals surface area contributed by atoms with Crippen molar-refractivity contribution >= 4 is 5.91 Å². The van der Waals surface area contributed by atoms with Crippen LogP contribution >= 0.6 is 0 Å². The number of amides is 1. The van der Waals surface area contributed by atoms with Crippen molar-refractivity contribution in [2.45, 2.75) is 18.6 Å². The first-order valence-corrected chi connectivity index (χ1v) is 5.13. The van der Waals surface area contributed by atoms with Crippen molar-refractivity contribution in [1.29, 1.82) is 0 Å². The second kappa shape index (κ2) is 3.51. The molecule has 2 heterocycles. The fourth-order valence-corrected chi connectivity index (χ4v) is 2.44. The van der Waals surface area contributed by atoms with Crippen molar-refractivity contribution in [2.75, 3.05) is 34.2 Å². The van der Waals surface area contributed by atoms with Crippen LogP contribution in [0.1, 0.15) is 6.42 Å². The minimum Gasteiger partial charge on any atom is -0.371 e. The number of carbonyl (C=O) groups excluding carboxylic acids is 1. The van der Waals surface area contributed by atoms with Crippen LogP contribution in [0.2, 0.25) is 0 Å². The van der Waals surface area contributed by atoms with Gasteiger partial charge in [-0.05, 0) is 13.5 Å². The van der Waals surface area contributed by atoms with Crippen molar-refractivity contribution in [3.05, 3.63) is 0 Å². The number of hydrogen-bond acceptors (Lipinski definition) is 3. The first kappa shape index (κ1) is 9.93. The minimum absolute atomic E-state index is 0.0833. The summed E-state index contributed by atoms with van der Waals surface area (Å²) < 4.78 is 5.76. The number of rotatable bonds is 1. The molecule has 4 heteroatoms. The first-order valence-electron chi connectivity index (χ1n) is 5.13. The van der Waals surface area contributed by atoms with Gasteiger partial charge in [0.05, 0.1) is 18.1 Å². The average molecular weight is 198 g/mol. The molecule has 2 rings (SSSR count). The molecule has 3 atom stereocenters. The molecule has 0 unspecified atom stereocenters. The number of ether oxygens (including phenoxy) is 1. The molecule has 0 radical (unpaired) electrons. The van der Waals surface area contributed by atoms with E-state index in [1.807, 2.05) is 14.1 Å². The summed E-state index contributed by atoms with van der Waals surface area (Å²) in [4.78, 5) is 15.7. The summed E-state index contributed by atoms with van der Waals surface area (Å²) >= 11 is 0. The quantitative estimate of drug-likeness (QED) is 0.584. The van der Waals surface area contributed by atoms with Gasteiger partial charge in [-0.25, -0.2) is 0 Å². The van der Waals surface area contributed by atoms with Crippen LogP contribution in [-0.4, -0.2) is 62.1 Å². The Kier molecular flexibility index (Phi) is 2.49. The highest BCUT2D eigenvalue weighted by Crippen LogP contribution is 2.32. The molecule has 0 aliphatic carbocycles. The molecule has 14 heavy (non-hydrogen) atoms. The number of fused-ring (bicyclic) bond motifs is 2. The van der Waals surface area contributed by atoms with E-state index in [4.69, 9.17) is 4.74 Å². The zero-order valence-corrected chi connectivity index (χ0v) is 9.06. The molecular formula is C10H18N2O2. The molecule has 2 fully saturated rings. The second-order valence-corrected chi connectivity index (χ2v) is 4.59. The zero-order valence-electron chi connectivity index (χ0n) is 9.06. The van der Waals surface area contributed by atoms with E-state index in [0.29, 0.717) is 0 Å². The monoisotopic (exact) mass is 198 g/mol. The van der Waals surface area contributed by atoms with Crippen LogP contribution in [0.25, 0.3) is 0 Å². The Bertz CT molecular complexity index is 242. The molecule has 0 saturated carbocycles. The van der Waals surface area contributed by atoms with Crippen molar-refractivity contribution in [1.82, 2.24) is 9.80 Å². The lowest BCUT2D eigenvalue weighted by atomic mass is 9.99. The number of likely N-dealkylation sites (tertiary alicyclic amines) is 1. The molecule has 2 aliphatic heterocycles. The van der Waals surface area contributed by atoms with Gasteiger partial charge in [0.2, 0.25) is 5.91 Å². The maximum absolute atomic E-state index is 11.8. The Morgan fingerprint density at radius 2 is 2.14 bits per heavy atom. The molecule has 0 N–H and O–H groups in total. The summed E-state index contributed by atoms with van der Waals surface area (Å²) in [7, 11) is 5.72. The highest BCUT2D eigenvalue weighted by atomic mass is 16.5. The van der Waals surface area contributed by atoms with Crippen molar-refractivity contribution in [3.63, 3.8) is 0 Å². The molecular weight excluding hydrogens is 180 g/mol. The normalized spacial score (nSPS) is 37.2. The average Bonchev–Trinajstić information content (AvgIpc) is 2.40. The molecule has 0 spiro atoms. The summed E-state index contributed by atoms with van der Waals surface area (Å²) in [6, 6.07) is 0. The standard InChI is InChI=1S/C10H18N2O2/c1-11(2)10(13)8-4-7-5-12(3)6-9(8)14-7/h7-9H,4-6H2,1-3H3/t7-,8+,9-/m1/s1. The number of nitrogens with zero attached hydrogens (tertiary/aromatic N) is 2. The molecule has 2 saturated heterocycles. The highest BCUT2D eigenvalue weighted by molar-refractivity contribution is 5.79. The number of carbonyl (C=O) groups is 1. The lowest BCUT2D eigenvalue weighted by molar-refractivity contribution is -0.135. The molecule has 0 aromatic rings. The summed E-state index contributed by atoms with van der Waals surface area (Å²) in [5, 5.41) is 0. The molecule has 0 aromatic carbocycles. The summed E-state index contributed by atoms with van der Waals surface area (Å²) in [5.41, 5.74) is 0. The first-order chi connectivity index (χ1) is 6.58. The fourth-order valence-electron chi connectivity index (χ4n) is 2.44. The van der Waals surface area contributed by atoms with E-state index < -0.39 is 0 Å². The third-order valence-corrected chi connectivity index (χ3v) is 3.10. The van der Waals surface area contributed by atoms with Crippen LogP contribution < -0.4 is 0 Å². The molecule has 2 bridgehead atoms. The van der Waals surface area contributed by atoms with Crippen LogP contribution in [0.5, 0.6) is 0 Å². The van der Waals surface area contributed by atoms with Crippen LogP contribution in [0.15, 0.2) is 0 Å². The van der Waals surface area contributed by atoms with Gasteiger partial charge in [-0.15, -0.1) is 0 Å². The van der Waals surface area contributed by atoms with E-state index in [1.165, 1.54) is 0 Å². The van der Waals surface area contributed by atoms with Crippen LogP contribution in [0.4, 0.5) is 0 Å². The Morgan fingerprint density at radius 3 is 2.79 bits per heavy atom. The van der Waals surface area contributed by atoms with Gasteiger partial charge in [0, 0.05) is 27.2 Å². The Balaban J connectivity index is 2.06. The van der Waals surface area contributed by atoms with Gasteiger partial charge in [-0.2, -0.15) is 0 Å². The summed E-state index contributed by atoms with van der Waals surface area (Å²) in [6.45, 7) is 1.86. The van der Waals surface area contributed by atoms with Gasteiger partial charge in [0.1, 0.15) is 0 Å². The zero-order chi connectivity index (χ0) is 10.3. The molecule has 0 aromatic heterocycles. The van der Waals surface area contributed by atoms with Crippen LogP contribution in [-0.2, 0) is 9.53 Å². The fraction of sp³-hybridized carbons (Fsp3) is 0.900. The van der Waals surface area contributed by atoms with Gasteiger partial charge < -0.3 is 14.5 Å². The van der Waals surface area contributed by atoms with Gasteiger partial charge in [-0.1, -0.05) is 0 Å². The van der Waals surface area contributed by atoms with Crippen molar-refractivity contribution in [2.24, 2.45) is 5.92 Å². The molecule has 4 nitrogen and oxygen atoms in total. The highest BCUT2D eigenvalue weighted by Gasteiger charge is 2.44. The smallest absolute Gasteiger partial charge is 0.227 e. The topological polar surface area (TPSA) is 32.8 Å². The maximum Gasteiger partial charge on any atom is 0.227 e. The predicted octanol–water partition coefficient (Wildman–Crippen LogP) is -0.206. The summed E-state index contributed by atoms with van der Waals surface area (Å²) in [6.07, 6.45) is 1.28. The number of hydrogen-bond donors (Lipinski definition) is 0. The van der Waals surface area contributed by atoms with Gasteiger partial charge >= 0.3 is 0 Å². The van der Waals surface area contributed by atoms with E-state index >= 15 is 0 Å². The molecule has 80 valence electrons. The third kappa shape index (κ3) is 1.64. The van der Waals surface area contributed by atoms with Gasteiger partial charge in [-0.3, -0.25) is 4.79 Å². The van der Waals surface area contributed by atoms with Crippen molar-refractivity contribution in [3.8, 4) is 0 Å². The Labute approximate surface area is 84.8 Å². The maximum atomic E-state index is 11.8. The van der Waals surface area contributed by atoms with E-state index in [1.54, 1.807) is 4.90 Å². The number of likely N-dealkylation sites (N-methyl/N-ethyl adjacent to an activating group) is 1. The van der Waals surface area contributed by atoms with Gasteiger partial charge in [0.15, 0.2) is 0 Å². The van der Waals surface area contributed by atoms with E-state index in [-0.39, 0.29) is 24.0 Å². The lowest BCUT2D eigenvalue weighted by Crippen LogP contribution is -2.43. The van der Waals surface area contributed by atoms with E-state index in [0.717, 1.165) is 19.5 Å². The van der Waals surface area contributed by atoms with Crippen LogP contribution in [0, 0.1) is 5.92 Å². The predicted molar refractivity (Wildman–Crippen MR) is 53.0 cm³/mol. The largest absolute Gasteiger partial charge is 0.371 e. The lowest BCUT2D eigenvalue weighted by Gasteiger charge is -2.29. The minimum atomic E-state index is 0.0833. The third-order valence-electron chi connectivity index (χ3n) is 3.10. The van der Waals surface area contributed by atoms with Crippen LogP contribution in [0.3, 0.4) is 0 Å². The van der Waals surface area contributed by atoms with E-state index in [2.05, 4.69) is 11.9 Å². The molecule has 2 aliphatic rings. The SMILES string of the molecule is CN1C[C@H]2C[C@H](C(=O)N(C)C)[C@@H](C1)O2. The van der Waals surface area contributed by atoms with Gasteiger partial charge in [0.25, 0.3) is 0 Å². The second-order valence-electron chi connectivity index (χ2n) is 4.59. The van der Waals surface area contributed by atoms with Crippen molar-refractivity contribution < 1.29 is 9.53 Å². The molecule has 1 amide bonds. The number of morpholine rings is 1.